The number of esters is 1. The summed E-state index contributed by atoms with van der Waals surface area (Å²) in [6.45, 7) is 3.53. The van der Waals surface area contributed by atoms with Gasteiger partial charge in [-0.25, -0.2) is 4.79 Å². The average molecular weight is 517 g/mol. The number of amides is 1. The Bertz CT molecular complexity index is 1160. The number of thiocarbonyl (C=S) groups is 1. The lowest BCUT2D eigenvalue weighted by molar-refractivity contribution is -0.384. The van der Waals surface area contributed by atoms with Gasteiger partial charge < -0.3 is 15.0 Å². The number of hydrogen-bond donors (Lipinski definition) is 2. The highest BCUT2D eigenvalue weighted by Crippen LogP contribution is 2.38. The van der Waals surface area contributed by atoms with Crippen molar-refractivity contribution in [2.24, 2.45) is 0 Å². The molecule has 1 aliphatic heterocycles. The molecule has 0 radical (unpaired) electrons. The van der Waals surface area contributed by atoms with Crippen molar-refractivity contribution in [3.05, 3.63) is 49.9 Å². The second kappa shape index (κ2) is 11.1. The number of anilines is 2. The Hall–Kier alpha value is -3.05. The standard InChI is InChI=1S/C24H28N4O5S2/c1-2-33-23(30)20-16-8-4-5-9-19(16)35-22(20)26-24(34)25-21(29)15-10-11-17(18(14-15)28(31)32)27-12-6-3-7-13-27/h10-11,14H,2-9,12-13H2,1H3,(H2,25,26,29,34). The van der Waals surface area contributed by atoms with Crippen molar-refractivity contribution < 1.29 is 19.2 Å². The van der Waals surface area contributed by atoms with E-state index in [4.69, 9.17) is 17.0 Å². The summed E-state index contributed by atoms with van der Waals surface area (Å²) >= 11 is 6.79. The maximum absolute atomic E-state index is 12.9. The van der Waals surface area contributed by atoms with Gasteiger partial charge in [-0.2, -0.15) is 0 Å². The third kappa shape index (κ3) is 5.62. The van der Waals surface area contributed by atoms with Crippen molar-refractivity contribution in [1.82, 2.24) is 5.32 Å². The van der Waals surface area contributed by atoms with Gasteiger partial charge >= 0.3 is 5.97 Å². The Morgan fingerprint density at radius 1 is 1.17 bits per heavy atom. The van der Waals surface area contributed by atoms with Gasteiger partial charge in [0, 0.05) is 29.6 Å². The topological polar surface area (TPSA) is 114 Å². The van der Waals surface area contributed by atoms with E-state index in [2.05, 4.69) is 10.6 Å². The van der Waals surface area contributed by atoms with Crippen LogP contribution in [0.2, 0.25) is 0 Å². The van der Waals surface area contributed by atoms with Gasteiger partial charge in [-0.05, 0) is 81.8 Å². The summed E-state index contributed by atoms with van der Waals surface area (Å²) in [5.74, 6) is -0.970. The molecule has 35 heavy (non-hydrogen) atoms. The highest BCUT2D eigenvalue weighted by Gasteiger charge is 2.27. The molecule has 0 unspecified atom stereocenters. The van der Waals surface area contributed by atoms with E-state index in [-0.39, 0.29) is 23.0 Å². The third-order valence-electron chi connectivity index (χ3n) is 6.24. The summed E-state index contributed by atoms with van der Waals surface area (Å²) in [4.78, 5) is 39.9. The fraction of sp³-hybridized carbons (Fsp3) is 0.458. The van der Waals surface area contributed by atoms with Crippen LogP contribution in [0, 0.1) is 10.1 Å². The molecule has 1 amide bonds. The number of carbonyl (C=O) groups excluding carboxylic acids is 2. The molecule has 1 aromatic carbocycles. The fourth-order valence-electron chi connectivity index (χ4n) is 4.60. The van der Waals surface area contributed by atoms with E-state index in [0.717, 1.165) is 68.5 Å². The molecular weight excluding hydrogens is 488 g/mol. The molecular formula is C24H28N4O5S2. The number of nitrogens with zero attached hydrogens (tertiary/aromatic N) is 2. The average Bonchev–Trinajstić information content (AvgIpc) is 3.21. The number of nitro benzene ring substituents is 1. The molecule has 1 aliphatic carbocycles. The Morgan fingerprint density at radius 2 is 1.91 bits per heavy atom. The van der Waals surface area contributed by atoms with Crippen molar-refractivity contribution in [3.63, 3.8) is 0 Å². The van der Waals surface area contributed by atoms with Crippen LogP contribution >= 0.6 is 23.6 Å². The van der Waals surface area contributed by atoms with Crippen molar-refractivity contribution in [2.75, 3.05) is 29.9 Å². The molecule has 2 heterocycles. The molecule has 0 atom stereocenters. The molecule has 2 N–H and O–H groups in total. The minimum atomic E-state index is -0.560. The zero-order valence-electron chi connectivity index (χ0n) is 19.6. The summed E-state index contributed by atoms with van der Waals surface area (Å²) in [6.07, 6.45) is 6.83. The normalized spacial score (nSPS) is 15.2. The molecule has 2 aliphatic rings. The Morgan fingerprint density at radius 3 is 2.63 bits per heavy atom. The zero-order valence-corrected chi connectivity index (χ0v) is 21.2. The molecule has 9 nitrogen and oxygen atoms in total. The van der Waals surface area contributed by atoms with Crippen molar-refractivity contribution in [3.8, 4) is 0 Å². The number of nitro groups is 1. The second-order valence-electron chi connectivity index (χ2n) is 8.55. The van der Waals surface area contributed by atoms with Crippen LogP contribution < -0.4 is 15.5 Å². The summed E-state index contributed by atoms with van der Waals surface area (Å²) in [7, 11) is 0. The van der Waals surface area contributed by atoms with E-state index in [9.17, 15) is 19.7 Å². The van der Waals surface area contributed by atoms with Crippen LogP contribution in [0.1, 0.15) is 70.2 Å². The molecule has 2 aromatic rings. The molecule has 186 valence electrons. The van der Waals surface area contributed by atoms with Crippen LogP contribution in [0.4, 0.5) is 16.4 Å². The molecule has 0 saturated carbocycles. The number of rotatable bonds is 6. The zero-order chi connectivity index (χ0) is 24.9. The van der Waals surface area contributed by atoms with Gasteiger partial charge in [0.15, 0.2) is 5.11 Å². The summed E-state index contributed by atoms with van der Waals surface area (Å²) in [5, 5.41) is 17.9. The van der Waals surface area contributed by atoms with E-state index in [1.165, 1.54) is 17.4 Å². The van der Waals surface area contributed by atoms with E-state index in [1.54, 1.807) is 19.1 Å². The first-order chi connectivity index (χ1) is 16.9. The van der Waals surface area contributed by atoms with Crippen molar-refractivity contribution in [2.45, 2.75) is 51.9 Å². The van der Waals surface area contributed by atoms with Crippen LogP contribution in [0.25, 0.3) is 0 Å². The van der Waals surface area contributed by atoms with Crippen molar-refractivity contribution in [1.29, 1.82) is 0 Å². The summed E-state index contributed by atoms with van der Waals surface area (Å²) in [6, 6.07) is 4.49. The number of ether oxygens (including phenoxy) is 1. The third-order valence-corrected chi connectivity index (χ3v) is 7.65. The number of nitrogens with one attached hydrogen (secondary N) is 2. The van der Waals surface area contributed by atoms with Gasteiger partial charge in [-0.3, -0.25) is 20.2 Å². The van der Waals surface area contributed by atoms with Gasteiger partial charge in [0.25, 0.3) is 11.6 Å². The SMILES string of the molecule is CCOC(=O)c1c(NC(=S)NC(=O)c2ccc(N3CCCCC3)c([N+](=O)[O-])c2)sc2c1CCCC2. The molecule has 4 rings (SSSR count). The van der Waals surface area contributed by atoms with Gasteiger partial charge in [0.2, 0.25) is 0 Å². The Kier molecular flexibility index (Phi) is 7.97. The lowest BCUT2D eigenvalue weighted by Gasteiger charge is -2.28. The predicted octanol–water partition coefficient (Wildman–Crippen LogP) is 4.83. The van der Waals surface area contributed by atoms with Crippen molar-refractivity contribution >= 4 is 56.9 Å². The minimum Gasteiger partial charge on any atom is -0.462 e. The van der Waals surface area contributed by atoms with Gasteiger partial charge in [-0.15, -0.1) is 11.3 Å². The second-order valence-corrected chi connectivity index (χ2v) is 10.1. The highest BCUT2D eigenvalue weighted by molar-refractivity contribution is 7.80. The Balaban J connectivity index is 1.50. The minimum absolute atomic E-state index is 0.0157. The number of hydrogen-bond acceptors (Lipinski definition) is 8. The molecule has 0 bridgehead atoms. The van der Waals surface area contributed by atoms with E-state index in [1.807, 2.05) is 4.90 Å². The number of fused-ring (bicyclic) bond motifs is 1. The van der Waals surface area contributed by atoms with Crippen LogP contribution in [0.3, 0.4) is 0 Å². The van der Waals surface area contributed by atoms with Crippen LogP contribution in [0.15, 0.2) is 18.2 Å². The molecule has 0 spiro atoms. The molecule has 1 fully saturated rings. The Labute approximate surface area is 213 Å². The first kappa shape index (κ1) is 25.1. The van der Waals surface area contributed by atoms with Gasteiger partial charge in [-0.1, -0.05) is 0 Å². The lowest BCUT2D eigenvalue weighted by Crippen LogP contribution is -2.34. The van der Waals surface area contributed by atoms with E-state index < -0.39 is 16.8 Å². The monoisotopic (exact) mass is 516 g/mol. The maximum Gasteiger partial charge on any atom is 0.341 e. The molecule has 1 aromatic heterocycles. The predicted molar refractivity (Wildman–Crippen MR) is 140 cm³/mol. The van der Waals surface area contributed by atoms with Gasteiger partial charge in [0.05, 0.1) is 17.1 Å². The van der Waals surface area contributed by atoms with E-state index in [0.29, 0.717) is 16.3 Å². The van der Waals surface area contributed by atoms with Crippen LogP contribution in [0.5, 0.6) is 0 Å². The smallest absolute Gasteiger partial charge is 0.341 e. The molecule has 1 saturated heterocycles. The lowest BCUT2D eigenvalue weighted by atomic mass is 9.95. The highest BCUT2D eigenvalue weighted by atomic mass is 32.1. The quantitative estimate of drug-likeness (QED) is 0.243. The maximum atomic E-state index is 12.9. The van der Waals surface area contributed by atoms with E-state index >= 15 is 0 Å². The fourth-order valence-corrected chi connectivity index (χ4v) is 6.14. The van der Waals surface area contributed by atoms with Gasteiger partial charge in [0.1, 0.15) is 10.7 Å². The largest absolute Gasteiger partial charge is 0.462 e. The number of piperidine rings is 1. The number of carbonyl (C=O) groups is 2. The first-order valence-corrected chi connectivity index (χ1v) is 13.1. The number of benzene rings is 1. The summed E-state index contributed by atoms with van der Waals surface area (Å²) < 4.78 is 5.25. The summed E-state index contributed by atoms with van der Waals surface area (Å²) in [5.41, 5.74) is 2.02. The van der Waals surface area contributed by atoms with Crippen LogP contribution in [-0.4, -0.2) is 41.6 Å². The first-order valence-electron chi connectivity index (χ1n) is 11.9. The number of aryl methyl sites for hydroxylation is 1. The molecule has 11 heteroatoms. The number of thiophene rings is 1. The van der Waals surface area contributed by atoms with Crippen LogP contribution in [-0.2, 0) is 17.6 Å².